The number of rotatable bonds is 6. The van der Waals surface area contributed by atoms with Crippen LogP contribution >= 0.6 is 23.1 Å². The molecule has 2 aromatic heterocycles. The molecule has 3 aromatic rings. The third kappa shape index (κ3) is 4.29. The lowest BCUT2D eigenvalue weighted by Gasteiger charge is -2.06. The summed E-state index contributed by atoms with van der Waals surface area (Å²) in [7, 11) is 0. The van der Waals surface area contributed by atoms with Crippen LogP contribution in [0, 0.1) is 5.92 Å². The van der Waals surface area contributed by atoms with Crippen LogP contribution in [0.15, 0.2) is 45.7 Å². The van der Waals surface area contributed by atoms with E-state index in [1.807, 2.05) is 49.6 Å². The first-order valence-corrected chi connectivity index (χ1v) is 9.76. The van der Waals surface area contributed by atoms with Gasteiger partial charge in [-0.15, -0.1) is 11.3 Å². The maximum Gasteiger partial charge on any atom is 0.316 e. The van der Waals surface area contributed by atoms with E-state index in [-0.39, 0.29) is 17.3 Å². The minimum atomic E-state index is -0.308. The zero-order valence-corrected chi connectivity index (χ0v) is 15.6. The number of aromatic nitrogens is 2. The molecule has 0 radical (unpaired) electrons. The SMILES string of the molecule is CC(C)COC(=O)CSc1nc2scc(-c3ccccc3)c2c(=O)[nH]1. The lowest BCUT2D eigenvalue weighted by Crippen LogP contribution is -2.13. The van der Waals surface area contributed by atoms with E-state index < -0.39 is 0 Å². The van der Waals surface area contributed by atoms with Gasteiger partial charge in [-0.3, -0.25) is 9.59 Å². The van der Waals surface area contributed by atoms with E-state index in [0.29, 0.717) is 27.9 Å². The average Bonchev–Trinajstić information content (AvgIpc) is 3.03. The Hall–Kier alpha value is -2.12. The van der Waals surface area contributed by atoms with Crippen molar-refractivity contribution in [1.82, 2.24) is 9.97 Å². The van der Waals surface area contributed by atoms with Crippen molar-refractivity contribution < 1.29 is 9.53 Å². The van der Waals surface area contributed by atoms with Gasteiger partial charge in [0, 0.05) is 10.9 Å². The second-order valence-corrected chi connectivity index (χ2v) is 7.75. The maximum absolute atomic E-state index is 12.5. The van der Waals surface area contributed by atoms with Crippen molar-refractivity contribution in [3.8, 4) is 11.1 Å². The van der Waals surface area contributed by atoms with Gasteiger partial charge in [-0.1, -0.05) is 55.9 Å². The Balaban J connectivity index is 1.79. The molecule has 0 saturated heterocycles. The number of carbonyl (C=O) groups excluding carboxylic acids is 1. The summed E-state index contributed by atoms with van der Waals surface area (Å²) in [6.45, 7) is 4.36. The second-order valence-electron chi connectivity index (χ2n) is 5.93. The van der Waals surface area contributed by atoms with Crippen LogP contribution in [-0.4, -0.2) is 28.3 Å². The van der Waals surface area contributed by atoms with Gasteiger partial charge < -0.3 is 9.72 Å². The Morgan fingerprint density at radius 2 is 2.08 bits per heavy atom. The monoisotopic (exact) mass is 374 g/mol. The van der Waals surface area contributed by atoms with Gasteiger partial charge in [-0.05, 0) is 11.5 Å². The summed E-state index contributed by atoms with van der Waals surface area (Å²) in [5.41, 5.74) is 1.67. The van der Waals surface area contributed by atoms with E-state index in [2.05, 4.69) is 9.97 Å². The lowest BCUT2D eigenvalue weighted by atomic mass is 10.1. The van der Waals surface area contributed by atoms with Crippen LogP contribution in [0.5, 0.6) is 0 Å². The van der Waals surface area contributed by atoms with Crippen LogP contribution in [0.1, 0.15) is 13.8 Å². The molecule has 130 valence electrons. The van der Waals surface area contributed by atoms with E-state index in [1.54, 1.807) is 0 Å². The molecular weight excluding hydrogens is 356 g/mol. The van der Waals surface area contributed by atoms with Gasteiger partial charge >= 0.3 is 5.97 Å². The van der Waals surface area contributed by atoms with Crippen molar-refractivity contribution >= 4 is 39.3 Å². The Morgan fingerprint density at radius 1 is 1.32 bits per heavy atom. The first-order valence-electron chi connectivity index (χ1n) is 7.90. The molecule has 0 unspecified atom stereocenters. The molecule has 0 spiro atoms. The van der Waals surface area contributed by atoms with E-state index in [4.69, 9.17) is 4.74 Å². The number of fused-ring (bicyclic) bond motifs is 1. The third-order valence-electron chi connectivity index (χ3n) is 3.41. The number of esters is 1. The number of thioether (sulfide) groups is 1. The van der Waals surface area contributed by atoms with Gasteiger partial charge in [0.2, 0.25) is 0 Å². The molecule has 0 saturated carbocycles. The smallest absolute Gasteiger partial charge is 0.316 e. The van der Waals surface area contributed by atoms with E-state index in [9.17, 15) is 9.59 Å². The first-order chi connectivity index (χ1) is 12.0. The van der Waals surface area contributed by atoms with Crippen molar-refractivity contribution in [3.05, 3.63) is 46.1 Å². The minimum Gasteiger partial charge on any atom is -0.465 e. The fourth-order valence-corrected chi connectivity index (χ4v) is 3.92. The largest absolute Gasteiger partial charge is 0.465 e. The topological polar surface area (TPSA) is 72.0 Å². The Labute approximate surface area is 153 Å². The van der Waals surface area contributed by atoms with E-state index >= 15 is 0 Å². The number of carbonyl (C=O) groups is 1. The van der Waals surface area contributed by atoms with Gasteiger partial charge in [-0.2, -0.15) is 0 Å². The summed E-state index contributed by atoms with van der Waals surface area (Å²) < 4.78 is 5.13. The normalized spacial score (nSPS) is 11.2. The molecule has 0 aliphatic heterocycles. The molecule has 2 heterocycles. The Kier molecular flexibility index (Phi) is 5.55. The fraction of sp³-hybridized carbons (Fsp3) is 0.278. The summed E-state index contributed by atoms with van der Waals surface area (Å²) in [5, 5.41) is 2.96. The van der Waals surface area contributed by atoms with Gasteiger partial charge in [0.05, 0.1) is 17.7 Å². The number of nitrogens with one attached hydrogen (secondary N) is 1. The molecule has 0 fully saturated rings. The highest BCUT2D eigenvalue weighted by Crippen LogP contribution is 2.31. The van der Waals surface area contributed by atoms with Crippen LogP contribution in [-0.2, 0) is 9.53 Å². The maximum atomic E-state index is 12.5. The van der Waals surface area contributed by atoms with Crippen LogP contribution < -0.4 is 5.56 Å². The standard InChI is InChI=1S/C18H18N2O3S2/c1-11(2)8-23-14(21)10-25-18-19-16(22)15-13(9-24-17(15)20-18)12-6-4-3-5-7-12/h3-7,9,11H,8,10H2,1-2H3,(H,19,20,22). The predicted molar refractivity (Wildman–Crippen MR) is 102 cm³/mol. The van der Waals surface area contributed by atoms with Crippen LogP contribution in [0.25, 0.3) is 21.3 Å². The number of hydrogen-bond donors (Lipinski definition) is 1. The number of ether oxygens (including phenoxy) is 1. The van der Waals surface area contributed by atoms with Crippen molar-refractivity contribution in [3.63, 3.8) is 0 Å². The number of aromatic amines is 1. The summed E-state index contributed by atoms with van der Waals surface area (Å²) >= 11 is 2.60. The molecule has 0 amide bonds. The van der Waals surface area contributed by atoms with Gasteiger partial charge in [0.1, 0.15) is 4.83 Å². The highest BCUT2D eigenvalue weighted by Gasteiger charge is 2.14. The van der Waals surface area contributed by atoms with Crippen molar-refractivity contribution in [2.45, 2.75) is 19.0 Å². The molecule has 0 aliphatic carbocycles. The van der Waals surface area contributed by atoms with E-state index in [0.717, 1.165) is 11.1 Å². The number of benzene rings is 1. The molecule has 1 aromatic carbocycles. The molecule has 0 aliphatic rings. The molecule has 0 atom stereocenters. The number of hydrogen-bond acceptors (Lipinski definition) is 6. The van der Waals surface area contributed by atoms with E-state index in [1.165, 1.54) is 23.1 Å². The third-order valence-corrected chi connectivity index (χ3v) is 5.13. The molecule has 5 nitrogen and oxygen atoms in total. The van der Waals surface area contributed by atoms with Gasteiger partial charge in [0.15, 0.2) is 5.16 Å². The molecule has 3 rings (SSSR count). The summed E-state index contributed by atoms with van der Waals surface area (Å²) in [6, 6.07) is 9.75. The number of nitrogens with zero attached hydrogens (tertiary/aromatic N) is 1. The fourth-order valence-electron chi connectivity index (χ4n) is 2.26. The summed E-state index contributed by atoms with van der Waals surface area (Å²) in [5.74, 6) is 0.112. The van der Waals surface area contributed by atoms with Gasteiger partial charge in [-0.25, -0.2) is 4.98 Å². The van der Waals surface area contributed by atoms with Crippen LogP contribution in [0.4, 0.5) is 0 Å². The zero-order chi connectivity index (χ0) is 17.8. The van der Waals surface area contributed by atoms with Crippen molar-refractivity contribution in [2.24, 2.45) is 5.92 Å². The Morgan fingerprint density at radius 3 is 2.80 bits per heavy atom. The molecular formula is C18H18N2O3S2. The summed E-state index contributed by atoms with van der Waals surface area (Å²) in [6.07, 6.45) is 0. The van der Waals surface area contributed by atoms with Crippen LogP contribution in [0.2, 0.25) is 0 Å². The van der Waals surface area contributed by atoms with Crippen molar-refractivity contribution in [2.75, 3.05) is 12.4 Å². The average molecular weight is 374 g/mol. The Bertz CT molecular complexity index is 932. The number of H-pyrrole nitrogens is 1. The van der Waals surface area contributed by atoms with Crippen LogP contribution in [0.3, 0.4) is 0 Å². The second kappa shape index (κ2) is 7.84. The van der Waals surface area contributed by atoms with Crippen molar-refractivity contribution in [1.29, 1.82) is 0 Å². The minimum absolute atomic E-state index is 0.123. The highest BCUT2D eigenvalue weighted by atomic mass is 32.2. The number of thiophene rings is 1. The zero-order valence-electron chi connectivity index (χ0n) is 13.9. The summed E-state index contributed by atoms with van der Waals surface area (Å²) in [4.78, 5) is 32.1. The predicted octanol–water partition coefficient (Wildman–Crippen LogP) is 3.94. The molecule has 1 N–H and O–H groups in total. The molecule has 25 heavy (non-hydrogen) atoms. The van der Waals surface area contributed by atoms with Gasteiger partial charge in [0.25, 0.3) is 5.56 Å². The molecule has 7 heteroatoms. The quantitative estimate of drug-likeness (QED) is 0.402. The highest BCUT2D eigenvalue weighted by molar-refractivity contribution is 7.99. The lowest BCUT2D eigenvalue weighted by molar-refractivity contribution is -0.141. The molecule has 0 bridgehead atoms. The first kappa shape index (κ1) is 17.7.